The number of hydrogen-bond donors (Lipinski definition) is 1. The smallest absolute Gasteiger partial charge is 0.0691 e. The first-order valence-corrected chi connectivity index (χ1v) is 12.2. The first-order chi connectivity index (χ1) is 14.9. The summed E-state index contributed by atoms with van der Waals surface area (Å²) in [4.78, 5) is 4.85. The van der Waals surface area contributed by atoms with E-state index in [1.807, 2.05) is 18.5 Å². The van der Waals surface area contributed by atoms with Gasteiger partial charge < -0.3 is 10.1 Å². The molecule has 0 aromatic carbocycles. The van der Waals surface area contributed by atoms with Crippen molar-refractivity contribution in [2.75, 3.05) is 13.2 Å². The minimum atomic E-state index is 0.0824. The minimum absolute atomic E-state index is 0.0824. The molecule has 1 saturated carbocycles. The second-order valence-corrected chi connectivity index (χ2v) is 11.2. The van der Waals surface area contributed by atoms with Crippen LogP contribution in [0.1, 0.15) is 95.6 Å². The maximum atomic E-state index is 6.41. The van der Waals surface area contributed by atoms with Crippen molar-refractivity contribution in [3.8, 4) is 0 Å². The predicted octanol–water partition coefficient (Wildman–Crippen LogP) is 5.35. The molecule has 31 heavy (non-hydrogen) atoms. The summed E-state index contributed by atoms with van der Waals surface area (Å²) < 4.78 is 8.67. The molecule has 2 aliphatic heterocycles. The lowest BCUT2D eigenvalue weighted by atomic mass is 9.68. The highest BCUT2D eigenvalue weighted by atomic mass is 16.5. The summed E-state index contributed by atoms with van der Waals surface area (Å²) in [5.74, 6) is 0. The highest BCUT2D eigenvalue weighted by molar-refractivity contribution is 5.21. The van der Waals surface area contributed by atoms with Gasteiger partial charge in [-0.3, -0.25) is 9.67 Å². The van der Waals surface area contributed by atoms with E-state index in [0.29, 0.717) is 12.1 Å². The van der Waals surface area contributed by atoms with Crippen LogP contribution in [0.5, 0.6) is 0 Å². The average molecular weight is 423 g/mol. The molecule has 1 saturated heterocycles. The van der Waals surface area contributed by atoms with Crippen LogP contribution in [0.25, 0.3) is 0 Å². The monoisotopic (exact) mass is 422 g/mol. The molecule has 1 N–H and O–H groups in total. The van der Waals surface area contributed by atoms with Crippen LogP contribution in [0.15, 0.2) is 36.7 Å². The van der Waals surface area contributed by atoms with Crippen molar-refractivity contribution in [1.82, 2.24) is 20.1 Å². The van der Waals surface area contributed by atoms with Crippen molar-refractivity contribution in [2.24, 2.45) is 5.41 Å². The van der Waals surface area contributed by atoms with E-state index >= 15 is 0 Å². The van der Waals surface area contributed by atoms with Crippen molar-refractivity contribution in [3.63, 3.8) is 0 Å². The van der Waals surface area contributed by atoms with Gasteiger partial charge in [0.15, 0.2) is 0 Å². The molecule has 5 rings (SSSR count). The van der Waals surface area contributed by atoms with Gasteiger partial charge in [0.25, 0.3) is 0 Å². The van der Waals surface area contributed by atoms with E-state index in [-0.39, 0.29) is 16.4 Å². The first kappa shape index (κ1) is 21.1. The molecular formula is C26H38N4O. The first-order valence-electron chi connectivity index (χ1n) is 12.2. The van der Waals surface area contributed by atoms with Gasteiger partial charge in [-0.1, -0.05) is 39.7 Å². The lowest BCUT2D eigenvalue weighted by Crippen LogP contribution is -2.47. The predicted molar refractivity (Wildman–Crippen MR) is 123 cm³/mol. The van der Waals surface area contributed by atoms with Crippen molar-refractivity contribution in [2.45, 2.75) is 95.2 Å². The summed E-state index contributed by atoms with van der Waals surface area (Å²) in [5.41, 5.74) is 3.00. The maximum Gasteiger partial charge on any atom is 0.0691 e. The number of hydrogen-bond acceptors (Lipinski definition) is 4. The van der Waals surface area contributed by atoms with Gasteiger partial charge in [0.1, 0.15) is 0 Å². The molecule has 5 nitrogen and oxygen atoms in total. The van der Waals surface area contributed by atoms with Gasteiger partial charge in [0.2, 0.25) is 0 Å². The van der Waals surface area contributed by atoms with E-state index in [9.17, 15) is 0 Å². The fraction of sp³-hybridized carbons (Fsp3) is 0.692. The molecule has 5 heteroatoms. The number of rotatable bonds is 5. The second-order valence-electron chi connectivity index (χ2n) is 11.2. The summed E-state index contributed by atoms with van der Waals surface area (Å²) in [6, 6.07) is 9.45. The Hall–Kier alpha value is -1.72. The third-order valence-electron chi connectivity index (χ3n) is 8.18. The van der Waals surface area contributed by atoms with Crippen LogP contribution < -0.4 is 5.32 Å². The Morgan fingerprint density at radius 1 is 1.13 bits per heavy atom. The molecule has 2 aromatic heterocycles. The van der Waals surface area contributed by atoms with Crippen LogP contribution in [0.2, 0.25) is 0 Å². The summed E-state index contributed by atoms with van der Waals surface area (Å²) in [6.07, 6.45) is 13.4. The third-order valence-corrected chi connectivity index (χ3v) is 8.18. The van der Waals surface area contributed by atoms with E-state index in [0.717, 1.165) is 38.8 Å². The number of pyridine rings is 1. The van der Waals surface area contributed by atoms with E-state index in [2.05, 4.69) is 54.1 Å². The van der Waals surface area contributed by atoms with E-state index in [1.165, 1.54) is 37.1 Å². The molecule has 3 aliphatic rings. The van der Waals surface area contributed by atoms with Crippen LogP contribution in [0, 0.1) is 5.41 Å². The molecule has 0 radical (unpaired) electrons. The summed E-state index contributed by atoms with van der Waals surface area (Å²) in [7, 11) is 0. The normalized spacial score (nSPS) is 30.0. The Bertz CT molecular complexity index is 880. The molecule has 1 aliphatic carbocycles. The number of fused-ring (bicyclic) bond motifs is 1. The third kappa shape index (κ3) is 3.95. The summed E-state index contributed by atoms with van der Waals surface area (Å²) >= 11 is 0. The summed E-state index contributed by atoms with van der Waals surface area (Å²) in [5, 5.41) is 8.57. The number of ether oxygens (including phenoxy) is 1. The zero-order valence-electron chi connectivity index (χ0n) is 19.4. The Kier molecular flexibility index (Phi) is 5.46. The molecular weight excluding hydrogens is 384 g/mol. The Morgan fingerprint density at radius 3 is 2.71 bits per heavy atom. The van der Waals surface area contributed by atoms with Crippen molar-refractivity contribution >= 4 is 0 Å². The van der Waals surface area contributed by atoms with Crippen molar-refractivity contribution < 1.29 is 4.74 Å². The van der Waals surface area contributed by atoms with Crippen LogP contribution >= 0.6 is 0 Å². The molecule has 0 amide bonds. The van der Waals surface area contributed by atoms with Gasteiger partial charge in [-0.2, -0.15) is 5.10 Å². The van der Waals surface area contributed by atoms with Gasteiger partial charge in [0, 0.05) is 30.1 Å². The quantitative estimate of drug-likeness (QED) is 0.706. The van der Waals surface area contributed by atoms with Crippen LogP contribution in [0.3, 0.4) is 0 Å². The molecule has 0 bridgehead atoms. The molecule has 1 spiro atoms. The fourth-order valence-electron chi connectivity index (χ4n) is 6.49. The highest BCUT2D eigenvalue weighted by Gasteiger charge is 2.48. The van der Waals surface area contributed by atoms with Crippen LogP contribution in [-0.2, 0) is 10.2 Å². The zero-order chi connectivity index (χ0) is 21.5. The Labute approximate surface area is 187 Å². The van der Waals surface area contributed by atoms with Gasteiger partial charge in [-0.05, 0) is 68.7 Å². The van der Waals surface area contributed by atoms with Crippen molar-refractivity contribution in [3.05, 3.63) is 48.0 Å². The summed E-state index contributed by atoms with van der Waals surface area (Å²) in [6.45, 7) is 8.83. The number of aromatic nitrogens is 3. The van der Waals surface area contributed by atoms with Gasteiger partial charge in [-0.25, -0.2) is 0 Å². The highest BCUT2D eigenvalue weighted by Crippen LogP contribution is 2.50. The zero-order valence-corrected chi connectivity index (χ0v) is 19.4. The SMILES string of the molecule is CC(C)(C)C1C[C@H](NCC[C@@]2(c3ccccn3)CCOC3(CCCC3)C2)c2ccnn21. The van der Waals surface area contributed by atoms with E-state index < -0.39 is 0 Å². The molecule has 2 aromatic rings. The molecule has 1 unspecified atom stereocenters. The van der Waals surface area contributed by atoms with Crippen LogP contribution in [-0.4, -0.2) is 33.5 Å². The maximum absolute atomic E-state index is 6.41. The largest absolute Gasteiger partial charge is 0.375 e. The Morgan fingerprint density at radius 2 is 1.97 bits per heavy atom. The number of nitrogens with zero attached hydrogens (tertiary/aromatic N) is 3. The minimum Gasteiger partial charge on any atom is -0.375 e. The molecule has 4 heterocycles. The lowest BCUT2D eigenvalue weighted by molar-refractivity contribution is -0.104. The topological polar surface area (TPSA) is 52.0 Å². The molecule has 168 valence electrons. The second kappa shape index (κ2) is 8.00. The van der Waals surface area contributed by atoms with E-state index in [4.69, 9.17) is 9.72 Å². The van der Waals surface area contributed by atoms with Gasteiger partial charge in [0.05, 0.1) is 23.4 Å². The van der Waals surface area contributed by atoms with Crippen LogP contribution in [0.4, 0.5) is 0 Å². The van der Waals surface area contributed by atoms with Gasteiger partial charge >= 0.3 is 0 Å². The van der Waals surface area contributed by atoms with E-state index in [1.54, 1.807) is 0 Å². The van der Waals surface area contributed by atoms with Gasteiger partial charge in [-0.15, -0.1) is 0 Å². The molecule has 2 fully saturated rings. The number of nitrogens with one attached hydrogen (secondary N) is 1. The molecule has 3 atom stereocenters. The standard InChI is InChI=1S/C26H38N4O/c1-24(2,3)23-18-20(21-9-15-29-30(21)23)27-16-12-25(22-8-4-7-14-28-22)13-17-31-26(19-25)10-5-6-11-26/h4,7-9,14-15,20,23,27H,5-6,10-13,16-19H2,1-3H3/t20-,23?,25+/m0/s1. The Balaban J connectivity index is 1.32. The lowest BCUT2D eigenvalue weighted by Gasteiger charge is -2.46. The average Bonchev–Trinajstić information content (AvgIpc) is 3.47. The van der Waals surface area contributed by atoms with Crippen molar-refractivity contribution in [1.29, 1.82) is 0 Å². The fourth-order valence-corrected chi connectivity index (χ4v) is 6.49.